The summed E-state index contributed by atoms with van der Waals surface area (Å²) < 4.78 is 7.36. The summed E-state index contributed by atoms with van der Waals surface area (Å²) in [5.41, 5.74) is 1.28. The molecule has 0 N–H and O–H groups in total. The summed E-state index contributed by atoms with van der Waals surface area (Å²) in [6.45, 7) is 5.70. The summed E-state index contributed by atoms with van der Waals surface area (Å²) in [6, 6.07) is 2.15. The third kappa shape index (κ3) is 2.82. The fourth-order valence-corrected chi connectivity index (χ4v) is 2.39. The molecule has 0 aromatic carbocycles. The maximum absolute atomic E-state index is 9.07. The van der Waals surface area contributed by atoms with E-state index in [0.29, 0.717) is 18.1 Å². The number of hydrogen-bond donors (Lipinski definition) is 0. The van der Waals surface area contributed by atoms with E-state index >= 15 is 0 Å². The first kappa shape index (κ1) is 12.9. The Morgan fingerprint density at radius 1 is 1.33 bits per heavy atom. The van der Waals surface area contributed by atoms with Crippen LogP contribution in [0.25, 0.3) is 0 Å². The van der Waals surface area contributed by atoms with Crippen molar-refractivity contribution >= 4 is 0 Å². The lowest BCUT2D eigenvalue weighted by Crippen LogP contribution is -2.33. The third-order valence-corrected chi connectivity index (χ3v) is 3.38. The first-order valence-electron chi connectivity index (χ1n) is 6.51. The Morgan fingerprint density at radius 3 is 2.72 bits per heavy atom. The highest BCUT2D eigenvalue weighted by atomic mass is 16.5. The molecule has 1 aliphatic rings. The molecule has 98 valence electrons. The van der Waals surface area contributed by atoms with Gasteiger partial charge in [0, 0.05) is 13.6 Å². The second kappa shape index (κ2) is 5.87. The van der Waals surface area contributed by atoms with Gasteiger partial charge in [0.15, 0.2) is 0 Å². The predicted molar refractivity (Wildman–Crippen MR) is 68.4 cm³/mol. The molecule has 1 fully saturated rings. The second-order valence-electron chi connectivity index (χ2n) is 4.75. The lowest BCUT2D eigenvalue weighted by Gasteiger charge is -2.26. The van der Waals surface area contributed by atoms with Gasteiger partial charge in [0.25, 0.3) is 0 Å². The van der Waals surface area contributed by atoms with Crippen LogP contribution in [0.2, 0.25) is 0 Å². The zero-order chi connectivity index (χ0) is 13.0. The van der Waals surface area contributed by atoms with Crippen LogP contribution in [-0.4, -0.2) is 40.9 Å². The normalized spacial score (nSPS) is 16.5. The van der Waals surface area contributed by atoms with Gasteiger partial charge in [0.1, 0.15) is 18.2 Å². The van der Waals surface area contributed by atoms with Crippen molar-refractivity contribution in [1.82, 2.24) is 14.7 Å². The fourth-order valence-electron chi connectivity index (χ4n) is 2.39. The van der Waals surface area contributed by atoms with E-state index in [1.54, 1.807) is 4.68 Å². The quantitative estimate of drug-likeness (QED) is 0.809. The van der Waals surface area contributed by atoms with E-state index in [4.69, 9.17) is 10.00 Å². The molecular weight excluding hydrogens is 228 g/mol. The summed E-state index contributed by atoms with van der Waals surface area (Å²) in [6.07, 6.45) is 3.92. The molecule has 2 rings (SSSR count). The molecule has 0 unspecified atom stereocenters. The van der Waals surface area contributed by atoms with E-state index in [0.717, 1.165) is 12.2 Å². The summed E-state index contributed by atoms with van der Waals surface area (Å²) in [5, 5.41) is 13.3. The highest BCUT2D eigenvalue weighted by Gasteiger charge is 2.15. The number of ether oxygens (including phenoxy) is 1. The predicted octanol–water partition coefficient (Wildman–Crippen LogP) is 1.46. The van der Waals surface area contributed by atoms with Gasteiger partial charge >= 0.3 is 0 Å². The number of nitrogens with zero attached hydrogens (tertiary/aromatic N) is 4. The monoisotopic (exact) mass is 248 g/mol. The van der Waals surface area contributed by atoms with Crippen LogP contribution in [0.4, 0.5) is 0 Å². The minimum Gasteiger partial charge on any atom is -0.476 e. The summed E-state index contributed by atoms with van der Waals surface area (Å²) in [7, 11) is 1.81. The molecule has 5 heteroatoms. The number of nitriles is 1. The largest absolute Gasteiger partial charge is 0.476 e. The standard InChI is InChI=1S/C13H20N4O/c1-11-12(10-14)13(16(2)15-11)18-9-8-17-6-4-3-5-7-17/h3-9H2,1-2H3. The Labute approximate surface area is 108 Å². The molecule has 0 atom stereocenters. The van der Waals surface area contributed by atoms with Crippen molar-refractivity contribution < 1.29 is 4.74 Å². The number of piperidine rings is 1. The van der Waals surface area contributed by atoms with E-state index in [9.17, 15) is 0 Å². The Morgan fingerprint density at radius 2 is 2.06 bits per heavy atom. The zero-order valence-corrected chi connectivity index (χ0v) is 11.1. The Bertz CT molecular complexity index is 441. The van der Waals surface area contributed by atoms with Gasteiger partial charge in [-0.2, -0.15) is 10.4 Å². The molecule has 0 bridgehead atoms. The smallest absolute Gasteiger partial charge is 0.230 e. The molecule has 0 radical (unpaired) electrons. The molecule has 1 saturated heterocycles. The van der Waals surface area contributed by atoms with Gasteiger partial charge in [-0.05, 0) is 32.9 Å². The Balaban J connectivity index is 1.88. The number of likely N-dealkylation sites (tertiary alicyclic amines) is 1. The van der Waals surface area contributed by atoms with Crippen LogP contribution in [0.1, 0.15) is 30.5 Å². The molecule has 18 heavy (non-hydrogen) atoms. The van der Waals surface area contributed by atoms with E-state index in [1.165, 1.54) is 32.4 Å². The molecular formula is C13H20N4O. The van der Waals surface area contributed by atoms with E-state index in [2.05, 4.69) is 16.1 Å². The second-order valence-corrected chi connectivity index (χ2v) is 4.75. The first-order valence-corrected chi connectivity index (χ1v) is 6.51. The highest BCUT2D eigenvalue weighted by molar-refractivity contribution is 5.41. The van der Waals surface area contributed by atoms with Crippen LogP contribution in [0.5, 0.6) is 5.88 Å². The molecule has 1 aromatic rings. The summed E-state index contributed by atoms with van der Waals surface area (Å²) in [4.78, 5) is 2.42. The SMILES string of the molecule is Cc1nn(C)c(OCCN2CCCCC2)c1C#N. The average molecular weight is 248 g/mol. The topological polar surface area (TPSA) is 54.1 Å². The van der Waals surface area contributed by atoms with Gasteiger partial charge in [-0.15, -0.1) is 0 Å². The lowest BCUT2D eigenvalue weighted by atomic mass is 10.1. The molecule has 2 heterocycles. The molecule has 0 spiro atoms. The van der Waals surface area contributed by atoms with Gasteiger partial charge in [0.05, 0.1) is 5.69 Å². The number of hydrogen-bond acceptors (Lipinski definition) is 4. The minimum absolute atomic E-state index is 0.552. The summed E-state index contributed by atoms with van der Waals surface area (Å²) in [5.74, 6) is 0.590. The van der Waals surface area contributed by atoms with Gasteiger partial charge < -0.3 is 4.74 Å². The average Bonchev–Trinajstić information content (AvgIpc) is 2.65. The van der Waals surface area contributed by atoms with Gasteiger partial charge in [0.2, 0.25) is 5.88 Å². The Hall–Kier alpha value is -1.54. The van der Waals surface area contributed by atoms with E-state index in [-0.39, 0.29) is 0 Å². The summed E-state index contributed by atoms with van der Waals surface area (Å²) >= 11 is 0. The molecule has 0 aliphatic carbocycles. The Kier molecular flexibility index (Phi) is 4.21. The lowest BCUT2D eigenvalue weighted by molar-refractivity contribution is 0.177. The van der Waals surface area contributed by atoms with Crippen molar-refractivity contribution in [1.29, 1.82) is 5.26 Å². The van der Waals surface area contributed by atoms with Crippen molar-refractivity contribution in [2.45, 2.75) is 26.2 Å². The molecule has 0 amide bonds. The highest BCUT2D eigenvalue weighted by Crippen LogP contribution is 2.20. The van der Waals surface area contributed by atoms with E-state index < -0.39 is 0 Å². The number of rotatable bonds is 4. The van der Waals surface area contributed by atoms with Crippen LogP contribution < -0.4 is 4.74 Å². The fraction of sp³-hybridized carbons (Fsp3) is 0.692. The van der Waals surface area contributed by atoms with Crippen LogP contribution in [0.15, 0.2) is 0 Å². The van der Waals surface area contributed by atoms with Crippen LogP contribution in [0.3, 0.4) is 0 Å². The number of aryl methyl sites for hydroxylation is 2. The van der Waals surface area contributed by atoms with Crippen LogP contribution >= 0.6 is 0 Å². The molecule has 1 aliphatic heterocycles. The van der Waals surface area contributed by atoms with Crippen molar-refractivity contribution in [3.8, 4) is 11.9 Å². The van der Waals surface area contributed by atoms with Gasteiger partial charge in [-0.1, -0.05) is 6.42 Å². The van der Waals surface area contributed by atoms with Crippen molar-refractivity contribution in [2.24, 2.45) is 7.05 Å². The maximum atomic E-state index is 9.07. The molecule has 5 nitrogen and oxygen atoms in total. The molecule has 1 aromatic heterocycles. The van der Waals surface area contributed by atoms with Crippen molar-refractivity contribution in [3.63, 3.8) is 0 Å². The third-order valence-electron chi connectivity index (χ3n) is 3.38. The maximum Gasteiger partial charge on any atom is 0.230 e. The minimum atomic E-state index is 0.552. The number of aromatic nitrogens is 2. The van der Waals surface area contributed by atoms with Gasteiger partial charge in [-0.25, -0.2) is 4.68 Å². The van der Waals surface area contributed by atoms with E-state index in [1.807, 2.05) is 14.0 Å². The first-order chi connectivity index (χ1) is 8.72. The van der Waals surface area contributed by atoms with Crippen LogP contribution in [-0.2, 0) is 7.05 Å². The van der Waals surface area contributed by atoms with Gasteiger partial charge in [-0.3, -0.25) is 4.90 Å². The molecule has 0 saturated carbocycles. The van der Waals surface area contributed by atoms with Crippen molar-refractivity contribution in [3.05, 3.63) is 11.3 Å². The zero-order valence-electron chi connectivity index (χ0n) is 11.1. The van der Waals surface area contributed by atoms with Crippen molar-refractivity contribution in [2.75, 3.05) is 26.2 Å². The van der Waals surface area contributed by atoms with Crippen LogP contribution in [0, 0.1) is 18.3 Å².